The molecule has 3 unspecified atom stereocenters. The van der Waals surface area contributed by atoms with Crippen molar-refractivity contribution in [3.8, 4) is 5.75 Å². The monoisotopic (exact) mass is 476 g/mol. The van der Waals surface area contributed by atoms with Gasteiger partial charge in [0.05, 0.1) is 49.9 Å². The van der Waals surface area contributed by atoms with Crippen LogP contribution in [0, 0.1) is 11.8 Å². The Balaban J connectivity index is 2.02. The van der Waals surface area contributed by atoms with Gasteiger partial charge in [-0.15, -0.1) is 0 Å². The van der Waals surface area contributed by atoms with Crippen LogP contribution in [-0.2, 0) is 24.4 Å². The van der Waals surface area contributed by atoms with Gasteiger partial charge in [-0.25, -0.2) is 9.79 Å². The summed E-state index contributed by atoms with van der Waals surface area (Å²) in [5.41, 5.74) is 1.87. The van der Waals surface area contributed by atoms with Gasteiger partial charge in [0.25, 0.3) is 10.1 Å². The number of carbonyl (C=O) groups excluding carboxylic acids is 1. The number of carbonyl (C=O) groups is 1. The van der Waals surface area contributed by atoms with Crippen molar-refractivity contribution < 1.29 is 32.0 Å². The Morgan fingerprint density at radius 1 is 1.30 bits per heavy atom. The first-order valence-electron chi connectivity index (χ1n) is 10.8. The normalized spacial score (nSPS) is 24.5. The number of rotatable bonds is 6. The van der Waals surface area contributed by atoms with Crippen LogP contribution in [0.4, 0.5) is 0 Å². The maximum absolute atomic E-state index is 12.9. The van der Waals surface area contributed by atoms with Crippen LogP contribution in [0.3, 0.4) is 0 Å². The number of benzene rings is 1. The van der Waals surface area contributed by atoms with E-state index in [9.17, 15) is 17.8 Å². The number of fused-ring (bicyclic) bond motifs is 3. The first-order chi connectivity index (χ1) is 15.8. The van der Waals surface area contributed by atoms with Gasteiger partial charge in [-0.3, -0.25) is 4.55 Å². The minimum Gasteiger partial charge on any atom is -0.504 e. The third kappa shape index (κ3) is 3.80. The van der Waals surface area contributed by atoms with Crippen molar-refractivity contribution >= 4 is 21.7 Å². The lowest BCUT2D eigenvalue weighted by atomic mass is 9.75. The van der Waals surface area contributed by atoms with E-state index >= 15 is 0 Å². The number of ether oxygens (including phenoxy) is 3. The molecule has 3 aliphatic rings. The Morgan fingerprint density at radius 3 is 2.67 bits per heavy atom. The zero-order chi connectivity index (χ0) is 23.9. The smallest absolute Gasteiger partial charge is 0.337 e. The number of hydrogen-bond donors (Lipinski definition) is 1. The van der Waals surface area contributed by atoms with Crippen LogP contribution in [0.25, 0.3) is 5.57 Å². The number of esters is 1. The molecule has 33 heavy (non-hydrogen) atoms. The highest BCUT2D eigenvalue weighted by Gasteiger charge is 2.52. The SMILES string of the molecule is CCC1CN2CCC3=c4c(OC)cccc4=NC3=C2C(S(=O)(=O)O)C1C(=COC)C(=O)OC. The predicted octanol–water partition coefficient (Wildman–Crippen LogP) is 1.01. The molecule has 1 saturated heterocycles. The summed E-state index contributed by atoms with van der Waals surface area (Å²) in [6.07, 6.45) is 2.47. The standard InChI is InChI=1S/C23H28N2O7S/c1-5-13-11-25-10-9-14-19-16(7-6-8-17(19)31-3)24-20(14)21(25)22(33(27,28)29)18(13)15(12-30-2)23(26)32-4/h6-8,12-13,18,22H,5,9-11H2,1-4H3,(H,27,28,29). The summed E-state index contributed by atoms with van der Waals surface area (Å²) < 4.78 is 51.9. The van der Waals surface area contributed by atoms with Gasteiger partial charge in [0.1, 0.15) is 11.0 Å². The number of piperidine rings is 1. The van der Waals surface area contributed by atoms with E-state index in [1.807, 2.05) is 30.0 Å². The topological polar surface area (TPSA) is 115 Å². The van der Waals surface area contributed by atoms with Gasteiger partial charge in [0.2, 0.25) is 0 Å². The highest BCUT2D eigenvalue weighted by molar-refractivity contribution is 7.86. The third-order valence-electron chi connectivity index (χ3n) is 6.69. The van der Waals surface area contributed by atoms with E-state index in [1.165, 1.54) is 20.5 Å². The third-order valence-corrected chi connectivity index (χ3v) is 7.85. The Labute approximate surface area is 192 Å². The van der Waals surface area contributed by atoms with Crippen molar-refractivity contribution in [1.29, 1.82) is 0 Å². The summed E-state index contributed by atoms with van der Waals surface area (Å²) in [7, 11) is -0.452. The van der Waals surface area contributed by atoms with E-state index in [1.54, 1.807) is 7.11 Å². The Kier molecular flexibility index (Phi) is 6.24. The first kappa shape index (κ1) is 23.3. The summed E-state index contributed by atoms with van der Waals surface area (Å²) in [5.74, 6) is -1.13. The summed E-state index contributed by atoms with van der Waals surface area (Å²) in [4.78, 5) is 19.4. The average Bonchev–Trinajstić information content (AvgIpc) is 3.19. The van der Waals surface area contributed by atoms with Gasteiger partial charge in [0, 0.05) is 24.2 Å². The molecule has 10 heteroatoms. The van der Waals surface area contributed by atoms with Crippen molar-refractivity contribution in [1.82, 2.24) is 4.90 Å². The molecule has 0 aromatic heterocycles. The minimum atomic E-state index is -4.64. The molecule has 9 nitrogen and oxygen atoms in total. The Bertz CT molecular complexity index is 1270. The van der Waals surface area contributed by atoms with E-state index in [4.69, 9.17) is 19.2 Å². The molecule has 3 atom stereocenters. The lowest BCUT2D eigenvalue weighted by Crippen LogP contribution is -2.53. The van der Waals surface area contributed by atoms with Crippen LogP contribution < -0.4 is 15.3 Å². The lowest BCUT2D eigenvalue weighted by Gasteiger charge is -2.47. The van der Waals surface area contributed by atoms with E-state index in [-0.39, 0.29) is 11.5 Å². The lowest BCUT2D eigenvalue weighted by molar-refractivity contribution is -0.137. The van der Waals surface area contributed by atoms with Crippen molar-refractivity contribution in [2.75, 3.05) is 34.4 Å². The van der Waals surface area contributed by atoms with Crippen LogP contribution in [0.2, 0.25) is 0 Å². The fourth-order valence-corrected chi connectivity index (χ4v) is 6.60. The van der Waals surface area contributed by atoms with Crippen molar-refractivity contribution in [3.63, 3.8) is 0 Å². The average molecular weight is 477 g/mol. The fourth-order valence-electron chi connectivity index (χ4n) is 5.32. The second kappa shape index (κ2) is 8.83. The van der Waals surface area contributed by atoms with Crippen LogP contribution in [0.1, 0.15) is 19.8 Å². The van der Waals surface area contributed by atoms with Gasteiger partial charge >= 0.3 is 5.97 Å². The molecule has 4 rings (SSSR count). The van der Waals surface area contributed by atoms with E-state index in [0.29, 0.717) is 48.4 Å². The Morgan fingerprint density at radius 2 is 2.06 bits per heavy atom. The second-order valence-electron chi connectivity index (χ2n) is 8.30. The predicted molar refractivity (Wildman–Crippen MR) is 120 cm³/mol. The second-order valence-corrected chi connectivity index (χ2v) is 9.84. The molecule has 1 fully saturated rings. The maximum Gasteiger partial charge on any atom is 0.337 e. The van der Waals surface area contributed by atoms with Crippen molar-refractivity contribution in [2.45, 2.75) is 25.0 Å². The molecule has 3 aliphatic heterocycles. The molecule has 0 aliphatic carbocycles. The molecule has 178 valence electrons. The van der Waals surface area contributed by atoms with Gasteiger partial charge in [-0.05, 0) is 30.0 Å². The van der Waals surface area contributed by atoms with Gasteiger partial charge in [0.15, 0.2) is 0 Å². The van der Waals surface area contributed by atoms with Crippen LogP contribution in [-0.4, -0.2) is 63.5 Å². The summed E-state index contributed by atoms with van der Waals surface area (Å²) >= 11 is 0. The molecule has 1 aromatic rings. The summed E-state index contributed by atoms with van der Waals surface area (Å²) in [6.45, 7) is 3.01. The van der Waals surface area contributed by atoms with Gasteiger partial charge in [-0.1, -0.05) is 19.4 Å². The largest absolute Gasteiger partial charge is 0.504 e. The Hall–Kier alpha value is -2.85. The molecule has 0 saturated carbocycles. The first-order valence-corrected chi connectivity index (χ1v) is 12.3. The van der Waals surface area contributed by atoms with E-state index in [0.717, 1.165) is 10.8 Å². The molecule has 0 radical (unpaired) electrons. The number of nitrogens with zero attached hydrogens (tertiary/aromatic N) is 2. The van der Waals surface area contributed by atoms with Crippen molar-refractivity contribution in [2.24, 2.45) is 16.8 Å². The zero-order valence-electron chi connectivity index (χ0n) is 19.1. The van der Waals surface area contributed by atoms with Crippen LogP contribution in [0.15, 0.2) is 46.4 Å². The van der Waals surface area contributed by atoms with Crippen molar-refractivity contribution in [3.05, 3.63) is 52.0 Å². The molecule has 0 bridgehead atoms. The van der Waals surface area contributed by atoms with Gasteiger partial charge < -0.3 is 19.1 Å². The molecule has 1 N–H and O–H groups in total. The van der Waals surface area contributed by atoms with E-state index < -0.39 is 27.3 Å². The van der Waals surface area contributed by atoms with Crippen LogP contribution >= 0.6 is 0 Å². The van der Waals surface area contributed by atoms with Gasteiger partial charge in [-0.2, -0.15) is 8.42 Å². The minimum absolute atomic E-state index is 0.0717. The molecule has 3 heterocycles. The van der Waals surface area contributed by atoms with E-state index in [2.05, 4.69) is 0 Å². The number of allylic oxidation sites excluding steroid dienone is 1. The highest BCUT2D eigenvalue weighted by atomic mass is 32.2. The highest BCUT2D eigenvalue weighted by Crippen LogP contribution is 2.46. The molecule has 1 aromatic carbocycles. The molecule has 0 spiro atoms. The zero-order valence-corrected chi connectivity index (χ0v) is 19.9. The maximum atomic E-state index is 12.9. The molecular weight excluding hydrogens is 448 g/mol. The quantitative estimate of drug-likeness (QED) is 0.280. The number of hydrogen-bond acceptors (Lipinski definition) is 8. The molecule has 0 amide bonds. The fraction of sp³-hybridized carbons (Fsp3) is 0.478. The summed E-state index contributed by atoms with van der Waals surface area (Å²) in [6, 6.07) is 5.52. The number of methoxy groups -OCH3 is 3. The molecular formula is C23H28N2O7S. The summed E-state index contributed by atoms with van der Waals surface area (Å²) in [5, 5.41) is 0.134. The van der Waals surface area contributed by atoms with Crippen LogP contribution in [0.5, 0.6) is 5.75 Å².